The van der Waals surface area contributed by atoms with E-state index in [1.807, 2.05) is 0 Å². The molecule has 0 aromatic rings. The molecule has 0 saturated heterocycles. The second-order valence-electron chi connectivity index (χ2n) is 1.45. The summed E-state index contributed by atoms with van der Waals surface area (Å²) in [5.41, 5.74) is 3.26. The number of hydrogen-bond donors (Lipinski definition) is 1. The normalized spacial score (nSPS) is 11.9. The first kappa shape index (κ1) is 9.11. The molecule has 9 heavy (non-hydrogen) atoms. The molecule has 5 heteroatoms. The van der Waals surface area contributed by atoms with Gasteiger partial charge in [0.15, 0.2) is 0 Å². The van der Waals surface area contributed by atoms with Gasteiger partial charge < -0.3 is 0 Å². The van der Waals surface area contributed by atoms with Crippen LogP contribution in [0.5, 0.6) is 0 Å². The van der Waals surface area contributed by atoms with E-state index in [4.69, 9.17) is 9.05 Å². The van der Waals surface area contributed by atoms with Gasteiger partial charge in [-0.2, -0.15) is 0 Å². The lowest BCUT2D eigenvalue weighted by atomic mass is 10.9. The first-order valence-corrected chi connectivity index (χ1v) is 4.58. The summed E-state index contributed by atoms with van der Waals surface area (Å²) in [5, 5.41) is 0. The van der Waals surface area contributed by atoms with E-state index < -0.39 is 7.75 Å². The fourth-order valence-electron chi connectivity index (χ4n) is 0.431. The van der Waals surface area contributed by atoms with Gasteiger partial charge in [-0.25, -0.2) is 4.57 Å². The first-order valence-electron chi connectivity index (χ1n) is 2.86. The van der Waals surface area contributed by atoms with Gasteiger partial charge in [0.05, 0.1) is 13.2 Å². The Morgan fingerprint density at radius 2 is 1.67 bits per heavy atom. The molecule has 0 aliphatic rings. The largest absolute Gasteiger partial charge is 0.526 e. The molecule has 0 atom stereocenters. The Morgan fingerprint density at radius 3 is 1.89 bits per heavy atom. The van der Waals surface area contributed by atoms with Crippen LogP contribution in [0.2, 0.25) is 0 Å². The molecular formula is C4H13NO3P+. The number of quaternary nitrogens is 1. The summed E-state index contributed by atoms with van der Waals surface area (Å²) in [6.07, 6.45) is 0. The summed E-state index contributed by atoms with van der Waals surface area (Å²) >= 11 is 0. The maximum atomic E-state index is 10.9. The highest BCUT2D eigenvalue weighted by Gasteiger charge is 2.21. The van der Waals surface area contributed by atoms with Crippen molar-refractivity contribution in [3.63, 3.8) is 0 Å². The molecule has 3 N–H and O–H groups in total. The maximum absolute atomic E-state index is 10.9. The third-order valence-electron chi connectivity index (χ3n) is 0.652. The summed E-state index contributed by atoms with van der Waals surface area (Å²) in [6, 6.07) is 0. The van der Waals surface area contributed by atoms with Crippen LogP contribution in [-0.2, 0) is 13.6 Å². The van der Waals surface area contributed by atoms with E-state index >= 15 is 0 Å². The van der Waals surface area contributed by atoms with Crippen LogP contribution < -0.4 is 5.50 Å². The van der Waals surface area contributed by atoms with Gasteiger partial charge in [0, 0.05) is 0 Å². The van der Waals surface area contributed by atoms with E-state index in [0.717, 1.165) is 0 Å². The fraction of sp³-hybridized carbons (Fsp3) is 1.00. The summed E-state index contributed by atoms with van der Waals surface area (Å²) in [6.45, 7) is 4.25. The Hall–Kier alpha value is 0.110. The summed E-state index contributed by atoms with van der Waals surface area (Å²) in [4.78, 5) is 0. The molecule has 0 aromatic heterocycles. The van der Waals surface area contributed by atoms with Crippen molar-refractivity contribution < 1.29 is 19.1 Å². The van der Waals surface area contributed by atoms with Crippen LogP contribution in [0.25, 0.3) is 0 Å². The lowest BCUT2D eigenvalue weighted by molar-refractivity contribution is -0.224. The van der Waals surface area contributed by atoms with Crippen molar-refractivity contribution in [3.05, 3.63) is 0 Å². The van der Waals surface area contributed by atoms with Gasteiger partial charge in [-0.1, -0.05) is 0 Å². The predicted molar refractivity (Wildman–Crippen MR) is 33.7 cm³/mol. The molecule has 0 aliphatic carbocycles. The Bertz CT molecular complexity index is 106. The standard InChI is InChI=1S/C4H12NO3P/c1-3-7-9(5,6)8-4-2/h3-4H2,1-2H3,(H2,5,6)/p+1. The first-order chi connectivity index (χ1) is 4.12. The lowest BCUT2D eigenvalue weighted by Gasteiger charge is -2.04. The van der Waals surface area contributed by atoms with Crippen molar-refractivity contribution in [1.82, 2.24) is 0 Å². The molecule has 0 bridgehead atoms. The maximum Gasteiger partial charge on any atom is 0.526 e. The molecule has 0 fully saturated rings. The fourth-order valence-corrected chi connectivity index (χ4v) is 1.29. The minimum atomic E-state index is -2.94. The molecule has 4 nitrogen and oxygen atoms in total. The van der Waals surface area contributed by atoms with E-state index in [0.29, 0.717) is 13.2 Å². The number of hydrogen-bond acceptors (Lipinski definition) is 3. The summed E-state index contributed by atoms with van der Waals surface area (Å²) in [5.74, 6) is 0. The van der Waals surface area contributed by atoms with Crippen molar-refractivity contribution >= 4 is 7.75 Å². The van der Waals surface area contributed by atoms with Gasteiger partial charge in [-0.3, -0.25) is 14.6 Å². The van der Waals surface area contributed by atoms with Crippen LogP contribution in [-0.4, -0.2) is 13.2 Å². The third kappa shape index (κ3) is 4.60. The monoisotopic (exact) mass is 154 g/mol. The van der Waals surface area contributed by atoms with Gasteiger partial charge in [0.2, 0.25) is 0 Å². The summed E-state index contributed by atoms with van der Waals surface area (Å²) in [7, 11) is -2.94. The van der Waals surface area contributed by atoms with E-state index in [-0.39, 0.29) is 0 Å². The minimum absolute atomic E-state index is 0.376. The molecule has 0 unspecified atom stereocenters. The second kappa shape index (κ2) is 4.01. The zero-order valence-electron chi connectivity index (χ0n) is 5.79. The number of rotatable bonds is 4. The van der Waals surface area contributed by atoms with E-state index in [1.54, 1.807) is 13.8 Å². The van der Waals surface area contributed by atoms with Crippen LogP contribution in [0.3, 0.4) is 0 Å². The molecule has 0 spiro atoms. The third-order valence-corrected chi connectivity index (χ3v) is 1.95. The molecular weight excluding hydrogens is 141 g/mol. The Morgan fingerprint density at radius 1 is 1.33 bits per heavy atom. The van der Waals surface area contributed by atoms with Gasteiger partial charge >= 0.3 is 7.75 Å². The van der Waals surface area contributed by atoms with Crippen molar-refractivity contribution in [2.45, 2.75) is 13.8 Å². The van der Waals surface area contributed by atoms with E-state index in [1.165, 1.54) is 0 Å². The highest BCUT2D eigenvalue weighted by molar-refractivity contribution is 7.45. The topological polar surface area (TPSA) is 63.2 Å². The minimum Gasteiger partial charge on any atom is -0.270 e. The van der Waals surface area contributed by atoms with E-state index in [2.05, 4.69) is 5.50 Å². The second-order valence-corrected chi connectivity index (χ2v) is 3.18. The van der Waals surface area contributed by atoms with Crippen LogP contribution in [0.15, 0.2) is 0 Å². The van der Waals surface area contributed by atoms with E-state index in [9.17, 15) is 4.57 Å². The molecule has 0 aromatic carbocycles. The lowest BCUT2D eigenvalue weighted by Crippen LogP contribution is -2.45. The van der Waals surface area contributed by atoms with Crippen LogP contribution >= 0.6 is 7.75 Å². The van der Waals surface area contributed by atoms with Crippen LogP contribution in [0, 0.1) is 0 Å². The Kier molecular flexibility index (Phi) is 4.06. The highest BCUT2D eigenvalue weighted by atomic mass is 31.2. The molecule has 0 radical (unpaired) electrons. The predicted octanol–water partition coefficient (Wildman–Crippen LogP) is 0.409. The molecule has 56 valence electrons. The van der Waals surface area contributed by atoms with Crippen molar-refractivity contribution in [1.29, 1.82) is 0 Å². The van der Waals surface area contributed by atoms with Gasteiger partial charge in [-0.15, -0.1) is 0 Å². The van der Waals surface area contributed by atoms with Gasteiger partial charge in [0.1, 0.15) is 0 Å². The quantitative estimate of drug-likeness (QED) is 0.596. The van der Waals surface area contributed by atoms with Gasteiger partial charge in [0.25, 0.3) is 0 Å². The zero-order chi connectivity index (χ0) is 7.33. The summed E-state index contributed by atoms with van der Waals surface area (Å²) < 4.78 is 20.2. The van der Waals surface area contributed by atoms with Crippen molar-refractivity contribution in [2.75, 3.05) is 13.2 Å². The average Bonchev–Trinajstić information content (AvgIpc) is 1.64. The zero-order valence-corrected chi connectivity index (χ0v) is 6.69. The molecule has 0 heterocycles. The molecule has 0 amide bonds. The Balaban J connectivity index is 3.58. The molecule has 0 saturated carbocycles. The molecule has 0 rings (SSSR count). The SMILES string of the molecule is CCOP([NH3+])(=O)OCC. The average molecular weight is 154 g/mol. The van der Waals surface area contributed by atoms with Crippen molar-refractivity contribution in [3.8, 4) is 0 Å². The van der Waals surface area contributed by atoms with Crippen molar-refractivity contribution in [2.24, 2.45) is 0 Å². The van der Waals surface area contributed by atoms with Crippen LogP contribution in [0.4, 0.5) is 0 Å². The Labute approximate surface area is 54.9 Å². The molecule has 0 aliphatic heterocycles. The van der Waals surface area contributed by atoms with Crippen LogP contribution in [0.1, 0.15) is 13.8 Å². The highest BCUT2D eigenvalue weighted by Crippen LogP contribution is 2.34. The van der Waals surface area contributed by atoms with Gasteiger partial charge in [-0.05, 0) is 13.8 Å². The smallest absolute Gasteiger partial charge is 0.270 e.